The van der Waals surface area contributed by atoms with Gasteiger partial charge in [-0.25, -0.2) is 4.98 Å². The van der Waals surface area contributed by atoms with Crippen molar-refractivity contribution >= 4 is 23.2 Å². The van der Waals surface area contributed by atoms with E-state index in [0.29, 0.717) is 0 Å². The summed E-state index contributed by atoms with van der Waals surface area (Å²) < 4.78 is 0. The van der Waals surface area contributed by atoms with Crippen LogP contribution in [0, 0.1) is 13.8 Å². The van der Waals surface area contributed by atoms with Gasteiger partial charge in [0.25, 0.3) is 0 Å². The average molecular weight is 505 g/mol. The van der Waals surface area contributed by atoms with Gasteiger partial charge < -0.3 is 10.3 Å². The molecule has 1 aliphatic rings. The first-order chi connectivity index (χ1) is 17.0. The van der Waals surface area contributed by atoms with E-state index in [4.69, 9.17) is 28.2 Å². The van der Waals surface area contributed by atoms with E-state index in [0.717, 1.165) is 70.1 Å². The normalized spacial score (nSPS) is 15.5. The maximum atomic E-state index is 6.50. The van der Waals surface area contributed by atoms with Crippen LogP contribution < -0.4 is 5.32 Å². The smallest absolute Gasteiger partial charge is 0.137 e. The second kappa shape index (κ2) is 10.5. The Kier molecular flexibility index (Phi) is 7.26. The lowest BCUT2D eigenvalue weighted by Gasteiger charge is -2.39. The molecule has 0 aliphatic carbocycles. The Balaban J connectivity index is 1.68. The van der Waals surface area contributed by atoms with Crippen molar-refractivity contribution in [3.05, 3.63) is 111 Å². The van der Waals surface area contributed by atoms with Crippen molar-refractivity contribution in [2.45, 2.75) is 25.8 Å². The van der Waals surface area contributed by atoms with Crippen molar-refractivity contribution < 1.29 is 0 Å². The Morgan fingerprint density at radius 3 is 2.00 bits per heavy atom. The van der Waals surface area contributed by atoms with Gasteiger partial charge in [0, 0.05) is 53.4 Å². The molecule has 4 nitrogen and oxygen atoms in total. The van der Waals surface area contributed by atoms with Gasteiger partial charge in [0.15, 0.2) is 0 Å². The first-order valence-electron chi connectivity index (χ1n) is 12.1. The quantitative estimate of drug-likeness (QED) is 0.304. The number of H-pyrrole nitrogens is 1. The molecule has 1 aromatic heterocycles. The van der Waals surface area contributed by atoms with E-state index in [-0.39, 0.29) is 12.0 Å². The molecule has 0 radical (unpaired) electrons. The molecule has 0 bridgehead atoms. The van der Waals surface area contributed by atoms with Gasteiger partial charge in [-0.1, -0.05) is 77.3 Å². The molecule has 0 spiro atoms. The molecule has 0 saturated carbocycles. The van der Waals surface area contributed by atoms with Gasteiger partial charge in [0.05, 0.1) is 11.7 Å². The second-order valence-electron chi connectivity index (χ2n) is 9.28. The largest absolute Gasteiger partial charge is 0.342 e. The number of imidazole rings is 1. The van der Waals surface area contributed by atoms with E-state index < -0.39 is 0 Å². The van der Waals surface area contributed by atoms with Gasteiger partial charge >= 0.3 is 0 Å². The first kappa shape index (κ1) is 24.1. The van der Waals surface area contributed by atoms with Crippen molar-refractivity contribution in [1.29, 1.82) is 0 Å². The highest BCUT2D eigenvalue weighted by Gasteiger charge is 2.35. The Morgan fingerprint density at radius 2 is 1.43 bits per heavy atom. The first-order valence-corrected chi connectivity index (χ1v) is 12.8. The van der Waals surface area contributed by atoms with Gasteiger partial charge in [0.1, 0.15) is 5.82 Å². The fourth-order valence-electron chi connectivity index (χ4n) is 5.07. The van der Waals surface area contributed by atoms with Crippen LogP contribution in [-0.4, -0.2) is 41.0 Å². The number of hydrogen-bond donors (Lipinski definition) is 2. The molecular weight excluding hydrogens is 475 g/mol. The zero-order valence-electron chi connectivity index (χ0n) is 20.1. The molecule has 2 N–H and O–H groups in total. The van der Waals surface area contributed by atoms with Crippen LogP contribution in [0.1, 0.15) is 40.0 Å². The number of rotatable bonds is 6. The van der Waals surface area contributed by atoms with Gasteiger partial charge in [-0.2, -0.15) is 0 Å². The summed E-state index contributed by atoms with van der Waals surface area (Å²) in [5.41, 5.74) is 6.78. The Bertz CT molecular complexity index is 1250. The van der Waals surface area contributed by atoms with E-state index in [1.54, 1.807) is 0 Å². The minimum Gasteiger partial charge on any atom is -0.342 e. The van der Waals surface area contributed by atoms with Crippen LogP contribution in [0.15, 0.2) is 72.8 Å². The summed E-state index contributed by atoms with van der Waals surface area (Å²) in [5.74, 6) is 0.909. The molecule has 6 heteroatoms. The van der Waals surface area contributed by atoms with Gasteiger partial charge in [-0.15, -0.1) is 0 Å². The van der Waals surface area contributed by atoms with Crippen molar-refractivity contribution in [3.8, 4) is 11.4 Å². The summed E-state index contributed by atoms with van der Waals surface area (Å²) >= 11 is 13.0. The third-order valence-electron chi connectivity index (χ3n) is 6.80. The molecule has 1 atom stereocenters. The number of nitrogens with one attached hydrogen (secondary N) is 2. The summed E-state index contributed by atoms with van der Waals surface area (Å²) in [6.45, 7) is 8.00. The minimum atomic E-state index is 0.0124. The van der Waals surface area contributed by atoms with Gasteiger partial charge in [-0.05, 0) is 49.2 Å². The lowest BCUT2D eigenvalue weighted by Crippen LogP contribution is -2.47. The van der Waals surface area contributed by atoms with Gasteiger partial charge in [0.2, 0.25) is 0 Å². The van der Waals surface area contributed by atoms with Gasteiger partial charge in [-0.3, -0.25) is 4.90 Å². The minimum absolute atomic E-state index is 0.0124. The van der Waals surface area contributed by atoms with Crippen molar-refractivity contribution in [3.63, 3.8) is 0 Å². The molecule has 3 aromatic carbocycles. The van der Waals surface area contributed by atoms with Crippen LogP contribution in [0.3, 0.4) is 0 Å². The number of hydrogen-bond acceptors (Lipinski definition) is 3. The highest BCUT2D eigenvalue weighted by Crippen LogP contribution is 2.43. The number of aromatic amines is 1. The maximum Gasteiger partial charge on any atom is 0.137 e. The van der Waals surface area contributed by atoms with E-state index in [1.807, 2.05) is 24.3 Å². The van der Waals surface area contributed by atoms with Crippen LogP contribution >= 0.6 is 23.2 Å². The Hall–Kier alpha value is -2.63. The molecule has 1 aliphatic heterocycles. The van der Waals surface area contributed by atoms with Crippen molar-refractivity contribution in [2.75, 3.05) is 26.2 Å². The average Bonchev–Trinajstić information content (AvgIpc) is 3.24. The predicted molar refractivity (Wildman–Crippen MR) is 145 cm³/mol. The molecular formula is C29H30Cl2N4. The van der Waals surface area contributed by atoms with Crippen molar-refractivity contribution in [2.24, 2.45) is 0 Å². The molecule has 1 fully saturated rings. The highest BCUT2D eigenvalue weighted by molar-refractivity contribution is 6.31. The van der Waals surface area contributed by atoms with Crippen LogP contribution in [0.5, 0.6) is 0 Å². The third kappa shape index (κ3) is 5.31. The monoisotopic (exact) mass is 504 g/mol. The summed E-state index contributed by atoms with van der Waals surface area (Å²) in [7, 11) is 0. The molecule has 5 rings (SSSR count). The molecule has 180 valence electrons. The van der Waals surface area contributed by atoms with Crippen LogP contribution in [0.4, 0.5) is 0 Å². The lowest BCUT2D eigenvalue weighted by molar-refractivity contribution is 0.156. The predicted octanol–water partition coefficient (Wildman–Crippen LogP) is 6.78. The van der Waals surface area contributed by atoms with E-state index in [9.17, 15) is 0 Å². The molecule has 0 amide bonds. The van der Waals surface area contributed by atoms with Crippen LogP contribution in [-0.2, 0) is 0 Å². The number of benzene rings is 3. The summed E-state index contributed by atoms with van der Waals surface area (Å²) in [5, 5.41) is 4.96. The third-order valence-corrected chi connectivity index (χ3v) is 7.27. The Morgan fingerprint density at radius 1 is 0.829 bits per heavy atom. The fraction of sp³-hybridized carbons (Fsp3) is 0.276. The van der Waals surface area contributed by atoms with Crippen LogP contribution in [0.25, 0.3) is 11.4 Å². The number of aromatic nitrogens is 2. The molecule has 2 heterocycles. The SMILES string of the molecule is Cc1ccc(-c2nc(C(C(c3cccc(Cl)c3)c3cccc(Cl)c3)N3CCNCC3)c(C)[nH]2)cc1. The molecule has 4 aromatic rings. The summed E-state index contributed by atoms with van der Waals surface area (Å²) in [4.78, 5) is 11.3. The van der Waals surface area contributed by atoms with E-state index >= 15 is 0 Å². The number of halogens is 2. The number of piperazine rings is 1. The Labute approximate surface area is 217 Å². The molecule has 1 unspecified atom stereocenters. The summed E-state index contributed by atoms with van der Waals surface area (Å²) in [6.07, 6.45) is 0. The number of nitrogens with zero attached hydrogens (tertiary/aromatic N) is 2. The lowest BCUT2D eigenvalue weighted by atomic mass is 9.82. The van der Waals surface area contributed by atoms with Crippen molar-refractivity contribution in [1.82, 2.24) is 20.2 Å². The molecule has 1 saturated heterocycles. The van der Waals surface area contributed by atoms with E-state index in [1.165, 1.54) is 5.56 Å². The highest BCUT2D eigenvalue weighted by atomic mass is 35.5. The zero-order chi connectivity index (χ0) is 24.4. The maximum absolute atomic E-state index is 6.50. The summed E-state index contributed by atoms with van der Waals surface area (Å²) in [6, 6.07) is 24.9. The zero-order valence-corrected chi connectivity index (χ0v) is 21.6. The standard InChI is InChI=1S/C29H30Cl2N4/c1-19-9-11-21(12-10-19)29-33-20(2)27(34-29)28(35-15-13-32-14-16-35)26(22-5-3-7-24(30)17-22)23-6-4-8-25(31)18-23/h3-12,17-18,26,28,32H,13-16H2,1-2H3,(H,33,34). The van der Waals surface area contributed by atoms with Crippen LogP contribution in [0.2, 0.25) is 10.0 Å². The second-order valence-corrected chi connectivity index (χ2v) is 10.2. The molecule has 35 heavy (non-hydrogen) atoms. The van der Waals surface area contributed by atoms with E-state index in [2.05, 4.69) is 77.6 Å². The fourth-order valence-corrected chi connectivity index (χ4v) is 5.47. The number of aryl methyl sites for hydroxylation is 2. The topological polar surface area (TPSA) is 44.0 Å².